The van der Waals surface area contributed by atoms with Gasteiger partial charge in [-0.25, -0.2) is 4.98 Å². The number of hydrogen-bond acceptors (Lipinski definition) is 3. The van der Waals surface area contributed by atoms with Gasteiger partial charge in [0.2, 0.25) is 0 Å². The third-order valence-corrected chi connectivity index (χ3v) is 13.2. The molecule has 0 saturated heterocycles. The van der Waals surface area contributed by atoms with Gasteiger partial charge in [-0.05, 0) is 125 Å². The van der Waals surface area contributed by atoms with Crippen LogP contribution in [-0.2, 0) is 31.9 Å². The van der Waals surface area contributed by atoms with E-state index >= 15 is 0 Å². The summed E-state index contributed by atoms with van der Waals surface area (Å²) in [6.45, 7) is 19.3. The van der Waals surface area contributed by atoms with Gasteiger partial charge in [-0.1, -0.05) is 147 Å². The zero-order chi connectivity index (χ0) is 46.8. The van der Waals surface area contributed by atoms with Gasteiger partial charge in [-0.15, -0.1) is 29.3 Å². The topological polar surface area (TPSA) is 50.9 Å². The Kier molecular flexibility index (Phi) is 11.5. The maximum atomic E-state index is 11.4. The summed E-state index contributed by atoms with van der Waals surface area (Å²) >= 11 is 0. The zero-order valence-corrected chi connectivity index (χ0v) is 40.3. The fourth-order valence-electron chi connectivity index (χ4n) is 9.26. The number of benzene rings is 5. The molecule has 0 bridgehead atoms. The number of para-hydroxylation sites is 2. The van der Waals surface area contributed by atoms with Gasteiger partial charge in [0.15, 0.2) is 0 Å². The molecule has 4 nitrogen and oxygen atoms in total. The maximum absolute atomic E-state index is 11.4. The zero-order valence-electron chi connectivity index (χ0n) is 42.0. The fourth-order valence-corrected chi connectivity index (χ4v) is 9.26. The van der Waals surface area contributed by atoms with Crippen LogP contribution in [0.3, 0.4) is 0 Å². The van der Waals surface area contributed by atoms with Crippen LogP contribution in [0.15, 0.2) is 115 Å². The standard InChI is InChI=1S/C57H64N3O.Pt/c1-35(2)41-28-42(36(3)4)30-43(29-41)39-21-24-51(37(5)27-39)60-52-17-14-16-48(54(52)59-55(60)49-15-12-13-18-53(49)61)44-31-45(33-47(32-44)57(9,10)11)50-34-40(25-26-58-50)38-19-22-46(23-20-38)56(6,7)8;/h12-27,32-36,41-43,61H,28-30H2,1-11H3;/q-1;/i5D3,35D;. The van der Waals surface area contributed by atoms with Crippen molar-refractivity contribution in [3.63, 3.8) is 0 Å². The van der Waals surface area contributed by atoms with E-state index in [4.69, 9.17) is 15.5 Å². The molecule has 8 rings (SSSR count). The first-order valence-electron chi connectivity index (χ1n) is 24.1. The molecule has 1 saturated carbocycles. The van der Waals surface area contributed by atoms with E-state index < -0.39 is 12.7 Å². The van der Waals surface area contributed by atoms with Crippen LogP contribution in [0.4, 0.5) is 0 Å². The number of nitrogens with zero attached hydrogens (tertiary/aromatic N) is 3. The van der Waals surface area contributed by atoms with E-state index in [0.717, 1.165) is 63.9 Å². The molecule has 324 valence electrons. The second kappa shape index (κ2) is 17.8. The van der Waals surface area contributed by atoms with Crippen LogP contribution < -0.4 is 0 Å². The second-order valence-corrected chi connectivity index (χ2v) is 20.1. The quantitative estimate of drug-likeness (QED) is 0.154. The van der Waals surface area contributed by atoms with Crippen molar-refractivity contribution < 1.29 is 31.7 Å². The Balaban J connectivity index is 0.00000648. The molecule has 1 aliphatic carbocycles. The van der Waals surface area contributed by atoms with E-state index in [1.807, 2.05) is 73.1 Å². The minimum absolute atomic E-state index is 0. The number of phenols is 1. The number of hydrogen-bond donors (Lipinski definition) is 1. The Morgan fingerprint density at radius 1 is 0.726 bits per heavy atom. The Hall–Kier alpha value is -4.79. The monoisotopic (exact) mass is 1010 g/mol. The van der Waals surface area contributed by atoms with Gasteiger partial charge < -0.3 is 5.11 Å². The first kappa shape index (κ1) is 40.0. The molecule has 62 heavy (non-hydrogen) atoms. The molecule has 0 spiro atoms. The van der Waals surface area contributed by atoms with Crippen molar-refractivity contribution in [3.05, 3.63) is 144 Å². The van der Waals surface area contributed by atoms with E-state index in [1.54, 1.807) is 12.1 Å². The molecule has 2 heterocycles. The minimum atomic E-state index is -2.46. The molecule has 5 heteroatoms. The average Bonchev–Trinajstić information content (AvgIpc) is 3.64. The van der Waals surface area contributed by atoms with Crippen LogP contribution in [-0.4, -0.2) is 19.6 Å². The van der Waals surface area contributed by atoms with Gasteiger partial charge >= 0.3 is 0 Å². The van der Waals surface area contributed by atoms with E-state index in [2.05, 4.69) is 110 Å². The first-order chi connectivity index (χ1) is 30.5. The third kappa shape index (κ3) is 9.14. The molecule has 0 aliphatic heterocycles. The fraction of sp³-hybridized carbons (Fsp3) is 0.368. The van der Waals surface area contributed by atoms with E-state index in [-0.39, 0.29) is 55.0 Å². The molecular weight excluding hydrogens is 938 g/mol. The molecule has 0 amide bonds. The van der Waals surface area contributed by atoms with Crippen LogP contribution >= 0.6 is 0 Å². The summed E-state index contributed by atoms with van der Waals surface area (Å²) in [7, 11) is 0. The maximum Gasteiger partial charge on any atom is 0.148 e. The number of imidazole rings is 1. The van der Waals surface area contributed by atoms with Crippen molar-refractivity contribution in [1.82, 2.24) is 14.5 Å². The van der Waals surface area contributed by atoms with Crippen molar-refractivity contribution in [2.45, 2.75) is 112 Å². The summed E-state index contributed by atoms with van der Waals surface area (Å²) < 4.78 is 37.8. The van der Waals surface area contributed by atoms with E-state index in [9.17, 15) is 5.11 Å². The van der Waals surface area contributed by atoms with Crippen molar-refractivity contribution in [1.29, 1.82) is 0 Å². The molecule has 2 aromatic heterocycles. The Bertz CT molecular complexity index is 2860. The minimum Gasteiger partial charge on any atom is -0.507 e. The molecule has 3 unspecified atom stereocenters. The van der Waals surface area contributed by atoms with Crippen molar-refractivity contribution >= 4 is 11.0 Å². The number of pyridine rings is 1. The number of fused-ring (bicyclic) bond motifs is 1. The largest absolute Gasteiger partial charge is 0.507 e. The number of aromatic nitrogens is 3. The molecule has 7 aromatic rings. The summed E-state index contributed by atoms with van der Waals surface area (Å²) in [4.78, 5) is 10.2. The number of aryl methyl sites for hydroxylation is 1. The molecule has 0 radical (unpaired) electrons. The number of rotatable bonds is 8. The third-order valence-electron chi connectivity index (χ3n) is 13.2. The van der Waals surface area contributed by atoms with Crippen molar-refractivity contribution in [3.8, 4) is 56.3 Å². The average molecular weight is 1010 g/mol. The van der Waals surface area contributed by atoms with Crippen LogP contribution in [0.25, 0.3) is 61.6 Å². The van der Waals surface area contributed by atoms with Gasteiger partial charge in [0.05, 0.1) is 22.3 Å². The van der Waals surface area contributed by atoms with Gasteiger partial charge in [0.1, 0.15) is 11.6 Å². The molecule has 1 N–H and O–H groups in total. The molecule has 1 aliphatic rings. The molecular formula is C57H64N3OPt-. The normalized spacial score (nSPS) is 18.5. The smallest absolute Gasteiger partial charge is 0.148 e. The van der Waals surface area contributed by atoms with E-state index in [1.165, 1.54) is 5.56 Å². The Morgan fingerprint density at radius 2 is 1.42 bits per heavy atom. The Morgan fingerprint density at radius 3 is 2.10 bits per heavy atom. The predicted octanol–water partition coefficient (Wildman–Crippen LogP) is 15.3. The SMILES string of the molecule is [2H]C([2H])([2H])c1cc(C2CC(C(C)C)CC(C([2H])(C)C)C2)ccc1-n1c(-c2ccccc2O)nc2c(-c3[c-]c(-c4cc(-c5ccc(C(C)(C)C)cc5)ccn4)cc(C(C)(C)C)c3)cccc21.[Pt]. The summed E-state index contributed by atoms with van der Waals surface area (Å²) in [5, 5.41) is 11.4. The summed E-state index contributed by atoms with van der Waals surface area (Å²) in [6.07, 6.45) is 4.67. The summed E-state index contributed by atoms with van der Waals surface area (Å²) in [5.41, 5.74) is 11.3. The predicted molar refractivity (Wildman–Crippen MR) is 256 cm³/mol. The van der Waals surface area contributed by atoms with Crippen LogP contribution in [0.1, 0.15) is 122 Å². The van der Waals surface area contributed by atoms with Crippen molar-refractivity contribution in [2.75, 3.05) is 0 Å². The Labute approximate surface area is 391 Å². The molecule has 1 fully saturated rings. The van der Waals surface area contributed by atoms with Crippen LogP contribution in [0.2, 0.25) is 0 Å². The van der Waals surface area contributed by atoms with Crippen LogP contribution in [0.5, 0.6) is 5.75 Å². The molecule has 5 aromatic carbocycles. The summed E-state index contributed by atoms with van der Waals surface area (Å²) in [6, 6.07) is 40.1. The molecule has 3 atom stereocenters. The van der Waals surface area contributed by atoms with Crippen molar-refractivity contribution in [2.24, 2.45) is 23.6 Å². The van der Waals surface area contributed by atoms with Gasteiger partial charge in [-0.2, -0.15) is 0 Å². The summed E-state index contributed by atoms with van der Waals surface area (Å²) in [5.74, 6) is 1.14. The van der Waals surface area contributed by atoms with Crippen LogP contribution in [0, 0.1) is 36.6 Å². The van der Waals surface area contributed by atoms with Gasteiger partial charge in [0.25, 0.3) is 0 Å². The van der Waals surface area contributed by atoms with Gasteiger partial charge in [-0.3, -0.25) is 9.55 Å². The first-order valence-corrected chi connectivity index (χ1v) is 22.1. The second-order valence-electron chi connectivity index (χ2n) is 20.1. The van der Waals surface area contributed by atoms with Gasteiger partial charge in [0, 0.05) is 38.4 Å². The number of phenolic OH excluding ortho intramolecular Hbond substituents is 1. The number of aromatic hydroxyl groups is 1. The van der Waals surface area contributed by atoms with E-state index in [0.29, 0.717) is 39.9 Å².